The molecule has 9 nitrogen and oxygen atoms in total. The van der Waals surface area contributed by atoms with Crippen molar-refractivity contribution in [2.75, 3.05) is 44.7 Å². The van der Waals surface area contributed by atoms with E-state index < -0.39 is 0 Å². The normalized spacial score (nSPS) is 19.4. The van der Waals surface area contributed by atoms with E-state index in [0.29, 0.717) is 17.8 Å². The molecule has 0 bridgehead atoms. The lowest BCUT2D eigenvalue weighted by Gasteiger charge is -2.30. The summed E-state index contributed by atoms with van der Waals surface area (Å²) in [6.07, 6.45) is 4.55. The molecule has 1 unspecified atom stereocenters. The SMILES string of the molecule is COc1ccc(-c2noc(N3CCC(C(=O)NCC4CCN(Cc5nccs5)C4)CC3)n2)cc1. The van der Waals surface area contributed by atoms with Gasteiger partial charge in [0.1, 0.15) is 10.8 Å². The summed E-state index contributed by atoms with van der Waals surface area (Å²) >= 11 is 1.70. The quantitative estimate of drug-likeness (QED) is 0.523. The fourth-order valence-corrected chi connectivity index (χ4v) is 5.33. The van der Waals surface area contributed by atoms with Gasteiger partial charge in [0.25, 0.3) is 0 Å². The number of carbonyl (C=O) groups is 1. The molecule has 2 aliphatic heterocycles. The van der Waals surface area contributed by atoms with Crippen LogP contribution >= 0.6 is 11.3 Å². The second kappa shape index (κ2) is 10.5. The predicted octanol–water partition coefficient (Wildman–Crippen LogP) is 3.06. The lowest BCUT2D eigenvalue weighted by Crippen LogP contribution is -2.42. The van der Waals surface area contributed by atoms with Gasteiger partial charge in [-0.05, 0) is 56.0 Å². The van der Waals surface area contributed by atoms with Crippen molar-refractivity contribution in [3.8, 4) is 17.1 Å². The Morgan fingerprint density at radius 1 is 1.21 bits per heavy atom. The first-order valence-electron chi connectivity index (χ1n) is 11.8. The number of anilines is 1. The van der Waals surface area contributed by atoms with E-state index >= 15 is 0 Å². The van der Waals surface area contributed by atoms with Gasteiger partial charge in [-0.15, -0.1) is 11.3 Å². The maximum atomic E-state index is 12.8. The molecule has 0 saturated carbocycles. The van der Waals surface area contributed by atoms with Crippen LogP contribution in [0.15, 0.2) is 40.4 Å². The molecule has 34 heavy (non-hydrogen) atoms. The van der Waals surface area contributed by atoms with Gasteiger partial charge in [-0.2, -0.15) is 4.98 Å². The Labute approximate surface area is 203 Å². The highest BCUT2D eigenvalue weighted by molar-refractivity contribution is 7.09. The highest BCUT2D eigenvalue weighted by Crippen LogP contribution is 2.26. The molecule has 2 aromatic heterocycles. The molecule has 1 N–H and O–H groups in total. The van der Waals surface area contributed by atoms with Crippen LogP contribution in [0.3, 0.4) is 0 Å². The Kier molecular flexibility index (Phi) is 7.05. The second-order valence-electron chi connectivity index (χ2n) is 8.95. The molecule has 0 spiro atoms. The lowest BCUT2D eigenvalue weighted by molar-refractivity contribution is -0.125. The molecule has 4 heterocycles. The number of rotatable bonds is 8. The van der Waals surface area contributed by atoms with E-state index in [-0.39, 0.29) is 11.8 Å². The van der Waals surface area contributed by atoms with Crippen LogP contribution in [-0.2, 0) is 11.3 Å². The van der Waals surface area contributed by atoms with Crippen LogP contribution in [0.5, 0.6) is 5.75 Å². The van der Waals surface area contributed by atoms with Crippen molar-refractivity contribution in [2.24, 2.45) is 11.8 Å². The molecule has 2 saturated heterocycles. The first kappa shape index (κ1) is 22.8. The fourth-order valence-electron chi connectivity index (χ4n) is 4.67. The van der Waals surface area contributed by atoms with Gasteiger partial charge >= 0.3 is 6.01 Å². The van der Waals surface area contributed by atoms with Gasteiger partial charge in [-0.25, -0.2) is 4.98 Å². The summed E-state index contributed by atoms with van der Waals surface area (Å²) in [7, 11) is 1.64. The van der Waals surface area contributed by atoms with Crippen molar-refractivity contribution < 1.29 is 14.1 Å². The summed E-state index contributed by atoms with van der Waals surface area (Å²) in [5.74, 6) is 2.06. The van der Waals surface area contributed by atoms with Crippen LogP contribution in [-0.4, -0.2) is 65.8 Å². The van der Waals surface area contributed by atoms with Gasteiger partial charge in [-0.1, -0.05) is 5.16 Å². The van der Waals surface area contributed by atoms with Crippen LogP contribution in [0, 0.1) is 11.8 Å². The van der Waals surface area contributed by atoms with Crippen molar-refractivity contribution in [3.05, 3.63) is 40.8 Å². The van der Waals surface area contributed by atoms with Gasteiger partial charge in [0.2, 0.25) is 11.7 Å². The van der Waals surface area contributed by atoms with E-state index in [1.165, 1.54) is 0 Å². The largest absolute Gasteiger partial charge is 0.497 e. The fraction of sp³-hybridized carbons (Fsp3) is 0.500. The van der Waals surface area contributed by atoms with Crippen molar-refractivity contribution in [3.63, 3.8) is 0 Å². The van der Waals surface area contributed by atoms with E-state index in [4.69, 9.17) is 9.26 Å². The number of nitrogens with zero attached hydrogens (tertiary/aromatic N) is 5. The zero-order chi connectivity index (χ0) is 23.3. The van der Waals surface area contributed by atoms with Gasteiger partial charge in [0.15, 0.2) is 0 Å². The minimum atomic E-state index is 0.0352. The molecule has 5 rings (SSSR count). The molecule has 0 aliphatic carbocycles. The number of aromatic nitrogens is 3. The smallest absolute Gasteiger partial charge is 0.324 e. The Morgan fingerprint density at radius 2 is 2.03 bits per heavy atom. The summed E-state index contributed by atoms with van der Waals surface area (Å²) in [6.45, 7) is 5.21. The van der Waals surface area contributed by atoms with Crippen LogP contribution in [0.2, 0.25) is 0 Å². The van der Waals surface area contributed by atoms with Gasteiger partial charge in [-0.3, -0.25) is 9.69 Å². The Hall–Kier alpha value is -2.98. The average molecular weight is 483 g/mol. The van der Waals surface area contributed by atoms with Crippen LogP contribution in [0.4, 0.5) is 6.01 Å². The van der Waals surface area contributed by atoms with Crippen molar-refractivity contribution >= 4 is 23.3 Å². The highest BCUT2D eigenvalue weighted by atomic mass is 32.1. The van der Waals surface area contributed by atoms with E-state index in [0.717, 1.165) is 74.9 Å². The average Bonchev–Trinajstić information content (AvgIpc) is 3.66. The number of hydrogen-bond donors (Lipinski definition) is 1. The molecule has 1 amide bonds. The van der Waals surface area contributed by atoms with Crippen molar-refractivity contribution in [1.29, 1.82) is 0 Å². The van der Waals surface area contributed by atoms with Crippen molar-refractivity contribution in [2.45, 2.75) is 25.8 Å². The topological polar surface area (TPSA) is 96.6 Å². The first-order chi connectivity index (χ1) is 16.7. The number of carbonyl (C=O) groups excluding carboxylic acids is 1. The van der Waals surface area contributed by atoms with Crippen LogP contribution in [0.1, 0.15) is 24.3 Å². The highest BCUT2D eigenvalue weighted by Gasteiger charge is 2.29. The minimum Gasteiger partial charge on any atom is -0.497 e. The van der Waals surface area contributed by atoms with Gasteiger partial charge in [0, 0.05) is 49.2 Å². The third kappa shape index (κ3) is 5.39. The molecule has 2 fully saturated rings. The molecular weight excluding hydrogens is 452 g/mol. The van der Waals surface area contributed by atoms with E-state index in [9.17, 15) is 4.79 Å². The number of likely N-dealkylation sites (tertiary alicyclic amines) is 1. The van der Waals surface area contributed by atoms with Gasteiger partial charge < -0.3 is 19.5 Å². The number of ether oxygens (including phenoxy) is 1. The summed E-state index contributed by atoms with van der Waals surface area (Å²) < 4.78 is 10.7. The Bertz CT molecular complexity index is 1060. The molecule has 10 heteroatoms. The number of nitrogens with one attached hydrogen (secondary N) is 1. The standard InChI is InChI=1S/C24H30N6O3S/c1-32-20-4-2-18(3-5-20)22-27-24(33-28-22)30-11-7-19(8-12-30)23(31)26-14-17-6-10-29(15-17)16-21-25-9-13-34-21/h2-5,9,13,17,19H,6-8,10-12,14-16H2,1H3,(H,26,31). The second-order valence-corrected chi connectivity index (χ2v) is 9.93. The van der Waals surface area contributed by atoms with Crippen LogP contribution in [0.25, 0.3) is 11.4 Å². The summed E-state index contributed by atoms with van der Waals surface area (Å²) in [4.78, 5) is 26.2. The Morgan fingerprint density at radius 3 is 2.76 bits per heavy atom. The number of hydrogen-bond acceptors (Lipinski definition) is 9. The molecule has 180 valence electrons. The maximum absolute atomic E-state index is 12.8. The number of benzene rings is 1. The van der Waals surface area contributed by atoms with E-state index in [1.807, 2.05) is 35.8 Å². The number of piperidine rings is 1. The van der Waals surface area contributed by atoms with Crippen molar-refractivity contribution in [1.82, 2.24) is 25.3 Å². The predicted molar refractivity (Wildman–Crippen MR) is 130 cm³/mol. The van der Waals surface area contributed by atoms with Crippen LogP contribution < -0.4 is 15.0 Å². The molecule has 1 aromatic carbocycles. The van der Waals surface area contributed by atoms with E-state index in [2.05, 4.69) is 30.2 Å². The maximum Gasteiger partial charge on any atom is 0.324 e. The minimum absolute atomic E-state index is 0.0352. The van der Waals surface area contributed by atoms with Gasteiger partial charge in [0.05, 0.1) is 13.7 Å². The Balaban J connectivity index is 1.05. The summed E-state index contributed by atoms with van der Waals surface area (Å²) in [5.41, 5.74) is 0.877. The summed E-state index contributed by atoms with van der Waals surface area (Å²) in [6, 6.07) is 8.08. The lowest BCUT2D eigenvalue weighted by atomic mass is 9.96. The first-order valence-corrected chi connectivity index (χ1v) is 12.7. The molecular formula is C24H30N6O3S. The molecule has 1 atom stereocenters. The molecule has 0 radical (unpaired) electrons. The number of amides is 1. The third-order valence-corrected chi connectivity index (χ3v) is 7.44. The number of methoxy groups -OCH3 is 1. The third-order valence-electron chi connectivity index (χ3n) is 6.68. The zero-order valence-corrected chi connectivity index (χ0v) is 20.2. The molecule has 2 aliphatic rings. The van der Waals surface area contributed by atoms with E-state index in [1.54, 1.807) is 18.4 Å². The molecule has 3 aromatic rings. The monoisotopic (exact) mass is 482 g/mol. The zero-order valence-electron chi connectivity index (χ0n) is 19.4. The summed E-state index contributed by atoms with van der Waals surface area (Å²) in [5, 5.41) is 10.5. The number of thiazole rings is 1.